The molecule has 1 aliphatic heterocycles. The van der Waals surface area contributed by atoms with Crippen LogP contribution in [0.1, 0.15) is 29.9 Å². The molecule has 1 aliphatic rings. The zero-order chi connectivity index (χ0) is 15.9. The maximum absolute atomic E-state index is 13.3. The number of ether oxygens (including phenoxy) is 1. The summed E-state index contributed by atoms with van der Waals surface area (Å²) in [6.45, 7) is 6.85. The minimum absolute atomic E-state index is 0.0236. The molecule has 0 aliphatic carbocycles. The van der Waals surface area contributed by atoms with E-state index in [2.05, 4.69) is 4.98 Å². The van der Waals surface area contributed by atoms with Crippen LogP contribution >= 0.6 is 0 Å². The van der Waals surface area contributed by atoms with Crippen LogP contribution in [0.2, 0.25) is 0 Å². The molecule has 1 aromatic carbocycles. The molecular weight excluding hydrogens is 283 g/mol. The molecule has 0 radical (unpaired) electrons. The lowest BCUT2D eigenvalue weighted by Gasteiger charge is -2.35. The summed E-state index contributed by atoms with van der Waals surface area (Å²) in [6.07, 6.45) is 0.0473. The smallest absolute Gasteiger partial charge is 0.255 e. The van der Waals surface area contributed by atoms with Gasteiger partial charge in [-0.05, 0) is 39.0 Å². The lowest BCUT2D eigenvalue weighted by Crippen LogP contribution is -2.48. The number of benzene rings is 1. The Morgan fingerprint density at radius 1 is 1.27 bits per heavy atom. The molecule has 0 unspecified atom stereocenters. The van der Waals surface area contributed by atoms with Crippen molar-refractivity contribution in [1.82, 2.24) is 9.88 Å². The molecule has 0 spiro atoms. The lowest BCUT2D eigenvalue weighted by atomic mass is 10.1. The summed E-state index contributed by atoms with van der Waals surface area (Å²) in [5.41, 5.74) is 1.76. The first-order valence-electron chi connectivity index (χ1n) is 7.45. The zero-order valence-corrected chi connectivity index (χ0v) is 13.0. The molecule has 1 amide bonds. The van der Waals surface area contributed by atoms with E-state index in [-0.39, 0.29) is 23.9 Å². The Kier molecular flexibility index (Phi) is 3.83. The minimum atomic E-state index is -0.325. The predicted molar refractivity (Wildman–Crippen MR) is 82.4 cm³/mol. The molecule has 2 heterocycles. The number of rotatable bonds is 1. The molecule has 2 atom stereocenters. The van der Waals surface area contributed by atoms with E-state index in [4.69, 9.17) is 4.74 Å². The van der Waals surface area contributed by atoms with Gasteiger partial charge in [0.1, 0.15) is 5.82 Å². The largest absolute Gasteiger partial charge is 0.372 e. The molecule has 1 saturated heterocycles. The standard InChI is InChI=1S/C17H19FN2O2/c1-10-8-20(9-11(2)22-10)17(21)15-6-13-4-5-14(18)7-16(13)19-12(15)3/h4-7,10-11H,8-9H2,1-3H3/t10-,11+. The Labute approximate surface area is 128 Å². The summed E-state index contributed by atoms with van der Waals surface area (Å²) in [7, 11) is 0. The number of aromatic nitrogens is 1. The third-order valence-electron chi connectivity index (χ3n) is 3.91. The van der Waals surface area contributed by atoms with Gasteiger partial charge in [-0.2, -0.15) is 0 Å². The van der Waals surface area contributed by atoms with Crippen molar-refractivity contribution in [3.05, 3.63) is 41.3 Å². The van der Waals surface area contributed by atoms with Gasteiger partial charge < -0.3 is 9.64 Å². The SMILES string of the molecule is Cc1nc2cc(F)ccc2cc1C(=O)N1C[C@@H](C)O[C@@H](C)C1. The van der Waals surface area contributed by atoms with Crippen molar-refractivity contribution in [2.75, 3.05) is 13.1 Å². The first kappa shape index (κ1) is 14.9. The summed E-state index contributed by atoms with van der Waals surface area (Å²) in [4.78, 5) is 19.0. The Bertz CT molecular complexity index is 722. The molecule has 1 aromatic heterocycles. The minimum Gasteiger partial charge on any atom is -0.372 e. The fourth-order valence-corrected chi connectivity index (χ4v) is 2.97. The predicted octanol–water partition coefficient (Wildman–Crippen LogP) is 2.93. The number of hydrogen-bond acceptors (Lipinski definition) is 3. The fraction of sp³-hybridized carbons (Fsp3) is 0.412. The van der Waals surface area contributed by atoms with E-state index in [0.29, 0.717) is 29.9 Å². The number of morpholine rings is 1. The Hall–Kier alpha value is -2.01. The van der Waals surface area contributed by atoms with Crippen molar-refractivity contribution in [3.63, 3.8) is 0 Å². The highest BCUT2D eigenvalue weighted by Crippen LogP contribution is 2.21. The second-order valence-corrected chi connectivity index (χ2v) is 5.93. The number of halogens is 1. The Balaban J connectivity index is 1.96. The topological polar surface area (TPSA) is 42.4 Å². The van der Waals surface area contributed by atoms with Gasteiger partial charge in [0.15, 0.2) is 0 Å². The molecule has 1 fully saturated rings. The molecule has 116 valence electrons. The van der Waals surface area contributed by atoms with Gasteiger partial charge >= 0.3 is 0 Å². The maximum atomic E-state index is 13.3. The van der Waals surface area contributed by atoms with Crippen LogP contribution in [0.4, 0.5) is 4.39 Å². The van der Waals surface area contributed by atoms with Gasteiger partial charge in [0, 0.05) is 24.5 Å². The fourth-order valence-electron chi connectivity index (χ4n) is 2.97. The molecule has 0 saturated carbocycles. The van der Waals surface area contributed by atoms with Crippen molar-refractivity contribution in [2.45, 2.75) is 33.0 Å². The molecule has 0 N–H and O–H groups in total. The normalized spacial score (nSPS) is 22.1. The molecule has 5 heteroatoms. The second-order valence-electron chi connectivity index (χ2n) is 5.93. The molecule has 3 rings (SSSR count). The van der Waals surface area contributed by atoms with Gasteiger partial charge in [-0.3, -0.25) is 9.78 Å². The third kappa shape index (κ3) is 2.81. The third-order valence-corrected chi connectivity index (χ3v) is 3.91. The number of aryl methyl sites for hydroxylation is 1. The number of hydrogen-bond donors (Lipinski definition) is 0. The number of amides is 1. The van der Waals surface area contributed by atoms with Gasteiger partial charge in [0.2, 0.25) is 0 Å². The first-order valence-corrected chi connectivity index (χ1v) is 7.45. The Morgan fingerprint density at radius 2 is 1.95 bits per heavy atom. The number of carbonyl (C=O) groups is 1. The molecule has 0 bridgehead atoms. The van der Waals surface area contributed by atoms with Crippen molar-refractivity contribution < 1.29 is 13.9 Å². The second kappa shape index (κ2) is 5.65. The van der Waals surface area contributed by atoms with Gasteiger partial charge in [0.25, 0.3) is 5.91 Å². The number of carbonyl (C=O) groups excluding carboxylic acids is 1. The van der Waals surface area contributed by atoms with Gasteiger partial charge in [-0.15, -0.1) is 0 Å². The molecule has 2 aromatic rings. The molecule has 4 nitrogen and oxygen atoms in total. The monoisotopic (exact) mass is 302 g/mol. The van der Waals surface area contributed by atoms with E-state index in [1.807, 2.05) is 13.8 Å². The summed E-state index contributed by atoms with van der Waals surface area (Å²) in [6, 6.07) is 6.21. The summed E-state index contributed by atoms with van der Waals surface area (Å²) >= 11 is 0. The van der Waals surface area contributed by atoms with Crippen LogP contribution in [-0.2, 0) is 4.74 Å². The van der Waals surface area contributed by atoms with Crippen molar-refractivity contribution >= 4 is 16.8 Å². The quantitative estimate of drug-likeness (QED) is 0.813. The van der Waals surface area contributed by atoms with E-state index >= 15 is 0 Å². The van der Waals surface area contributed by atoms with E-state index in [9.17, 15) is 9.18 Å². The molecular formula is C17H19FN2O2. The Morgan fingerprint density at radius 3 is 2.64 bits per heavy atom. The number of pyridine rings is 1. The van der Waals surface area contributed by atoms with Crippen LogP contribution in [0.5, 0.6) is 0 Å². The van der Waals surface area contributed by atoms with Crippen LogP contribution in [0.3, 0.4) is 0 Å². The number of fused-ring (bicyclic) bond motifs is 1. The average molecular weight is 302 g/mol. The van der Waals surface area contributed by atoms with E-state index in [1.54, 1.807) is 24.0 Å². The van der Waals surface area contributed by atoms with Crippen LogP contribution in [-0.4, -0.2) is 41.1 Å². The van der Waals surface area contributed by atoms with Crippen molar-refractivity contribution in [2.24, 2.45) is 0 Å². The van der Waals surface area contributed by atoms with Gasteiger partial charge in [-0.1, -0.05) is 0 Å². The van der Waals surface area contributed by atoms with Crippen LogP contribution < -0.4 is 0 Å². The number of nitrogens with zero attached hydrogens (tertiary/aromatic N) is 2. The zero-order valence-electron chi connectivity index (χ0n) is 13.0. The first-order chi connectivity index (χ1) is 10.4. The van der Waals surface area contributed by atoms with E-state index in [1.165, 1.54) is 12.1 Å². The maximum Gasteiger partial charge on any atom is 0.255 e. The summed E-state index contributed by atoms with van der Waals surface area (Å²) < 4.78 is 18.9. The molecule has 22 heavy (non-hydrogen) atoms. The summed E-state index contributed by atoms with van der Waals surface area (Å²) in [5.74, 6) is -0.368. The van der Waals surface area contributed by atoms with Crippen molar-refractivity contribution in [1.29, 1.82) is 0 Å². The summed E-state index contributed by atoms with van der Waals surface area (Å²) in [5, 5.41) is 0.768. The van der Waals surface area contributed by atoms with Crippen molar-refractivity contribution in [3.8, 4) is 0 Å². The van der Waals surface area contributed by atoms with E-state index in [0.717, 1.165) is 5.39 Å². The average Bonchev–Trinajstić information content (AvgIpc) is 2.44. The van der Waals surface area contributed by atoms with E-state index < -0.39 is 0 Å². The lowest BCUT2D eigenvalue weighted by molar-refractivity contribution is -0.0586. The highest BCUT2D eigenvalue weighted by atomic mass is 19.1. The highest BCUT2D eigenvalue weighted by molar-refractivity contribution is 5.98. The van der Waals surface area contributed by atoms with Crippen LogP contribution in [0.25, 0.3) is 10.9 Å². The van der Waals surface area contributed by atoms with Gasteiger partial charge in [-0.25, -0.2) is 4.39 Å². The van der Waals surface area contributed by atoms with Crippen LogP contribution in [0.15, 0.2) is 24.3 Å². The van der Waals surface area contributed by atoms with Crippen LogP contribution in [0, 0.1) is 12.7 Å². The highest BCUT2D eigenvalue weighted by Gasteiger charge is 2.27. The van der Waals surface area contributed by atoms with Gasteiger partial charge in [0.05, 0.1) is 29.0 Å².